The minimum Gasteiger partial charge on any atom is -0.350 e. The van der Waals surface area contributed by atoms with Crippen LogP contribution in [0.2, 0.25) is 5.02 Å². The van der Waals surface area contributed by atoms with Crippen molar-refractivity contribution in [1.82, 2.24) is 10.2 Å². The zero-order valence-electron chi connectivity index (χ0n) is 17.4. The van der Waals surface area contributed by atoms with Gasteiger partial charge in [-0.1, -0.05) is 29.8 Å². The summed E-state index contributed by atoms with van der Waals surface area (Å²) in [4.78, 5) is 16.0. The SMILES string of the molecule is CN(C)C(CNC(=O)c1cccc(S(=O)(=O)N(C)c2cccc(Cl)c2)c1)c1cccs1. The maximum Gasteiger partial charge on any atom is 0.264 e. The molecule has 1 aromatic heterocycles. The van der Waals surface area contributed by atoms with Gasteiger partial charge in [-0.15, -0.1) is 11.3 Å². The molecule has 2 aromatic carbocycles. The Labute approximate surface area is 192 Å². The summed E-state index contributed by atoms with van der Waals surface area (Å²) in [5, 5.41) is 5.35. The van der Waals surface area contributed by atoms with E-state index < -0.39 is 10.0 Å². The Morgan fingerprint density at radius 3 is 2.45 bits per heavy atom. The van der Waals surface area contributed by atoms with E-state index in [1.54, 1.807) is 47.7 Å². The summed E-state index contributed by atoms with van der Waals surface area (Å²) in [6.45, 7) is 0.408. The van der Waals surface area contributed by atoms with Crippen LogP contribution in [0.5, 0.6) is 0 Å². The molecule has 1 atom stereocenters. The standard InChI is InChI=1S/C22H24ClN3O3S2/c1-25(2)20(21-11-6-12-30-21)15-24-22(27)16-7-4-10-19(13-16)31(28,29)26(3)18-9-5-8-17(23)14-18/h4-14,20H,15H2,1-3H3,(H,24,27). The molecular formula is C22H24ClN3O3S2. The number of anilines is 1. The third kappa shape index (κ3) is 5.46. The van der Waals surface area contributed by atoms with Gasteiger partial charge in [0.25, 0.3) is 15.9 Å². The summed E-state index contributed by atoms with van der Waals surface area (Å²) in [7, 11) is 1.51. The molecule has 0 aliphatic carbocycles. The third-order valence-corrected chi connectivity index (χ3v) is 7.87. The molecule has 0 saturated carbocycles. The average molecular weight is 478 g/mol. The average Bonchev–Trinajstić information content (AvgIpc) is 3.27. The fourth-order valence-electron chi connectivity index (χ4n) is 3.08. The lowest BCUT2D eigenvalue weighted by molar-refractivity contribution is 0.0942. The van der Waals surface area contributed by atoms with Gasteiger partial charge in [-0.25, -0.2) is 8.42 Å². The monoisotopic (exact) mass is 477 g/mol. The lowest BCUT2D eigenvalue weighted by atomic mass is 10.2. The summed E-state index contributed by atoms with van der Waals surface area (Å²) < 4.78 is 27.3. The number of nitrogens with zero attached hydrogens (tertiary/aromatic N) is 2. The number of likely N-dealkylation sites (N-methyl/N-ethyl adjacent to an activating group) is 1. The molecule has 1 amide bonds. The molecule has 0 bridgehead atoms. The van der Waals surface area contributed by atoms with E-state index in [9.17, 15) is 13.2 Å². The van der Waals surface area contributed by atoms with E-state index in [0.29, 0.717) is 17.3 Å². The first-order valence-electron chi connectivity index (χ1n) is 9.52. The van der Waals surface area contributed by atoms with E-state index in [0.717, 1.165) is 9.18 Å². The molecule has 0 aliphatic rings. The van der Waals surface area contributed by atoms with Crippen molar-refractivity contribution in [2.24, 2.45) is 0 Å². The lowest BCUT2D eigenvalue weighted by Gasteiger charge is -2.23. The molecular weight excluding hydrogens is 454 g/mol. The number of hydrogen-bond donors (Lipinski definition) is 1. The number of nitrogens with one attached hydrogen (secondary N) is 1. The second-order valence-electron chi connectivity index (χ2n) is 7.19. The highest BCUT2D eigenvalue weighted by atomic mass is 35.5. The molecule has 6 nitrogen and oxygen atoms in total. The zero-order valence-corrected chi connectivity index (χ0v) is 19.8. The Bertz CT molecular complexity index is 1150. The van der Waals surface area contributed by atoms with Gasteiger partial charge in [-0.05, 0) is 61.9 Å². The van der Waals surface area contributed by atoms with Crippen molar-refractivity contribution in [2.45, 2.75) is 10.9 Å². The second kappa shape index (κ2) is 9.82. The van der Waals surface area contributed by atoms with Crippen molar-refractivity contribution < 1.29 is 13.2 Å². The molecule has 0 spiro atoms. The van der Waals surface area contributed by atoms with Gasteiger partial charge < -0.3 is 10.2 Å². The maximum absolute atomic E-state index is 13.1. The Balaban J connectivity index is 1.78. The van der Waals surface area contributed by atoms with Crippen LogP contribution in [0.4, 0.5) is 5.69 Å². The van der Waals surface area contributed by atoms with Crippen LogP contribution in [0.25, 0.3) is 0 Å². The van der Waals surface area contributed by atoms with Gasteiger partial charge >= 0.3 is 0 Å². The van der Waals surface area contributed by atoms with Crippen molar-refractivity contribution in [2.75, 3.05) is 32.0 Å². The Hall–Kier alpha value is -2.39. The third-order valence-electron chi connectivity index (χ3n) is 4.88. The maximum atomic E-state index is 13.1. The number of amides is 1. The smallest absolute Gasteiger partial charge is 0.264 e. The van der Waals surface area contributed by atoms with Crippen LogP contribution < -0.4 is 9.62 Å². The fraction of sp³-hybridized carbons (Fsp3) is 0.227. The van der Waals surface area contributed by atoms with E-state index in [2.05, 4.69) is 5.32 Å². The number of hydrogen-bond acceptors (Lipinski definition) is 5. The predicted octanol–water partition coefficient (Wildman–Crippen LogP) is 4.26. The van der Waals surface area contributed by atoms with Crippen molar-refractivity contribution >= 4 is 44.6 Å². The van der Waals surface area contributed by atoms with Crippen molar-refractivity contribution in [3.05, 3.63) is 81.5 Å². The molecule has 3 aromatic rings. The highest BCUT2D eigenvalue weighted by molar-refractivity contribution is 7.92. The Morgan fingerprint density at radius 1 is 1.06 bits per heavy atom. The van der Waals surface area contributed by atoms with Crippen LogP contribution >= 0.6 is 22.9 Å². The van der Waals surface area contributed by atoms with E-state index in [-0.39, 0.29) is 22.4 Å². The van der Waals surface area contributed by atoms with Crippen LogP contribution in [0.15, 0.2) is 70.9 Å². The van der Waals surface area contributed by atoms with Crippen LogP contribution in [-0.2, 0) is 10.0 Å². The number of carbonyl (C=O) groups is 1. The summed E-state index contributed by atoms with van der Waals surface area (Å²) in [5.41, 5.74) is 0.719. The molecule has 9 heteroatoms. The molecule has 0 radical (unpaired) electrons. The molecule has 164 valence electrons. The van der Waals surface area contributed by atoms with E-state index in [1.165, 1.54) is 19.2 Å². The first-order valence-corrected chi connectivity index (χ1v) is 12.2. The van der Waals surface area contributed by atoms with E-state index >= 15 is 0 Å². The summed E-state index contributed by atoms with van der Waals surface area (Å²) >= 11 is 7.62. The largest absolute Gasteiger partial charge is 0.350 e. The molecule has 0 saturated heterocycles. The molecule has 1 N–H and O–H groups in total. The number of rotatable bonds is 8. The molecule has 0 aliphatic heterocycles. The van der Waals surface area contributed by atoms with Gasteiger partial charge in [0, 0.05) is 29.1 Å². The minimum atomic E-state index is -3.86. The quantitative estimate of drug-likeness (QED) is 0.526. The van der Waals surface area contributed by atoms with Crippen molar-refractivity contribution in [3.63, 3.8) is 0 Å². The normalized spacial score (nSPS) is 12.5. The fourth-order valence-corrected chi connectivity index (χ4v) is 5.42. The van der Waals surface area contributed by atoms with Gasteiger partial charge in [0.05, 0.1) is 16.6 Å². The summed E-state index contributed by atoms with van der Waals surface area (Å²) in [6, 6.07) is 16.7. The first kappa shape index (κ1) is 23.3. The molecule has 1 unspecified atom stereocenters. The van der Waals surface area contributed by atoms with E-state index in [1.807, 2.05) is 36.5 Å². The van der Waals surface area contributed by atoms with Gasteiger partial charge in [-0.3, -0.25) is 9.10 Å². The van der Waals surface area contributed by atoms with Crippen molar-refractivity contribution in [3.8, 4) is 0 Å². The molecule has 0 fully saturated rings. The van der Waals surface area contributed by atoms with Crippen molar-refractivity contribution in [1.29, 1.82) is 0 Å². The Kier molecular flexibility index (Phi) is 7.38. The number of sulfonamides is 1. The zero-order chi connectivity index (χ0) is 22.6. The van der Waals surface area contributed by atoms with Gasteiger partial charge in [-0.2, -0.15) is 0 Å². The molecule has 3 rings (SSSR count). The van der Waals surface area contributed by atoms with Crippen LogP contribution in [0.3, 0.4) is 0 Å². The van der Waals surface area contributed by atoms with Crippen LogP contribution in [-0.4, -0.2) is 46.9 Å². The molecule has 1 heterocycles. The highest BCUT2D eigenvalue weighted by Gasteiger charge is 2.23. The highest BCUT2D eigenvalue weighted by Crippen LogP contribution is 2.25. The topological polar surface area (TPSA) is 69.7 Å². The first-order chi connectivity index (χ1) is 14.7. The second-order valence-corrected chi connectivity index (χ2v) is 10.6. The van der Waals surface area contributed by atoms with Crippen LogP contribution in [0.1, 0.15) is 21.3 Å². The summed E-state index contributed by atoms with van der Waals surface area (Å²) in [5.74, 6) is -0.328. The number of benzene rings is 2. The molecule has 31 heavy (non-hydrogen) atoms. The number of carbonyl (C=O) groups excluding carboxylic acids is 1. The summed E-state index contributed by atoms with van der Waals surface area (Å²) in [6.07, 6.45) is 0. The minimum absolute atomic E-state index is 0.0322. The van der Waals surface area contributed by atoms with E-state index in [4.69, 9.17) is 11.6 Å². The number of halogens is 1. The van der Waals surface area contributed by atoms with Gasteiger partial charge in [0.1, 0.15) is 0 Å². The van der Waals surface area contributed by atoms with Gasteiger partial charge in [0.2, 0.25) is 0 Å². The number of thiophene rings is 1. The Morgan fingerprint density at radius 2 is 1.81 bits per heavy atom. The predicted molar refractivity (Wildman–Crippen MR) is 127 cm³/mol. The van der Waals surface area contributed by atoms with Gasteiger partial charge in [0.15, 0.2) is 0 Å². The lowest BCUT2D eigenvalue weighted by Crippen LogP contribution is -2.34. The van der Waals surface area contributed by atoms with Crippen LogP contribution in [0, 0.1) is 0 Å².